The lowest BCUT2D eigenvalue weighted by atomic mass is 9.99. The van der Waals surface area contributed by atoms with Gasteiger partial charge in [0.2, 0.25) is 35.0 Å². The Hall–Kier alpha value is -3.40. The van der Waals surface area contributed by atoms with Crippen molar-refractivity contribution in [3.8, 4) is 17.6 Å². The average molecular weight is 518 g/mol. The zero-order chi connectivity index (χ0) is 26.6. The van der Waals surface area contributed by atoms with Gasteiger partial charge in [0.15, 0.2) is 5.75 Å². The van der Waals surface area contributed by atoms with Crippen molar-refractivity contribution >= 4 is 17.8 Å². The van der Waals surface area contributed by atoms with Gasteiger partial charge in [0, 0.05) is 25.0 Å². The number of aliphatic carboxylic acids is 2. The molecule has 2 atom stereocenters. The Morgan fingerprint density at radius 3 is 1.83 bits per heavy atom. The van der Waals surface area contributed by atoms with E-state index < -0.39 is 52.9 Å². The van der Waals surface area contributed by atoms with Crippen molar-refractivity contribution in [2.45, 2.75) is 56.7 Å². The van der Waals surface area contributed by atoms with Gasteiger partial charge in [-0.3, -0.25) is 9.69 Å². The molecule has 0 radical (unpaired) electrons. The van der Waals surface area contributed by atoms with Crippen LogP contribution in [0.5, 0.6) is 5.75 Å². The number of halogens is 5. The molecule has 1 amide bonds. The highest BCUT2D eigenvalue weighted by molar-refractivity contribution is 6.27. The molecule has 0 aliphatic carbocycles. The predicted octanol–water partition coefficient (Wildman–Crippen LogP) is 2.54. The molecule has 3 fully saturated rings. The maximum Gasteiger partial charge on any atom is 0.414 e. The van der Waals surface area contributed by atoms with Gasteiger partial charge >= 0.3 is 11.9 Å². The number of ether oxygens (including phenoxy) is 1. The molecule has 2 bridgehead atoms. The molecule has 2 N–H and O–H groups in total. The normalized spacial score (nSPS) is 23.0. The molecule has 3 heterocycles. The molecule has 4 rings (SSSR count). The van der Waals surface area contributed by atoms with Gasteiger partial charge in [-0.05, 0) is 32.1 Å². The Kier molecular flexibility index (Phi) is 8.73. The third kappa shape index (κ3) is 6.04. The Balaban J connectivity index is 0.000000538. The average Bonchev–Trinajstić information content (AvgIpc) is 3.35. The van der Waals surface area contributed by atoms with Crippen LogP contribution in [0.25, 0.3) is 0 Å². The maximum atomic E-state index is 13.9. The summed E-state index contributed by atoms with van der Waals surface area (Å²) in [6.07, 6.45) is 3.35. The molecule has 2 unspecified atom stereocenters. The molecule has 0 saturated carbocycles. The van der Waals surface area contributed by atoms with Crippen LogP contribution in [-0.2, 0) is 14.4 Å². The van der Waals surface area contributed by atoms with Crippen molar-refractivity contribution < 1.29 is 51.3 Å². The second-order valence-corrected chi connectivity index (χ2v) is 8.55. The third-order valence-corrected chi connectivity index (χ3v) is 6.31. The second-order valence-electron chi connectivity index (χ2n) is 8.55. The van der Waals surface area contributed by atoms with E-state index in [0.29, 0.717) is 32.4 Å². The number of amides is 1. The van der Waals surface area contributed by atoms with Crippen LogP contribution in [0.1, 0.15) is 38.5 Å². The molecule has 0 spiro atoms. The van der Waals surface area contributed by atoms with Crippen LogP contribution in [0.3, 0.4) is 0 Å². The largest absolute Gasteiger partial charge is 0.484 e. The van der Waals surface area contributed by atoms with Gasteiger partial charge in [-0.25, -0.2) is 22.8 Å². The summed E-state index contributed by atoms with van der Waals surface area (Å²) in [6.45, 7) is 1.65. The van der Waals surface area contributed by atoms with Crippen LogP contribution >= 0.6 is 0 Å². The lowest BCUT2D eigenvalue weighted by Crippen LogP contribution is -2.46. The number of fused-ring (bicyclic) bond motifs is 2. The minimum Gasteiger partial charge on any atom is -0.484 e. The van der Waals surface area contributed by atoms with Crippen LogP contribution in [-0.4, -0.2) is 75.7 Å². The number of hydrogen-bond acceptors (Lipinski definition) is 5. The number of piperidine rings is 1. The molecule has 3 saturated heterocycles. The lowest BCUT2D eigenvalue weighted by Gasteiger charge is -2.37. The van der Waals surface area contributed by atoms with E-state index in [2.05, 4.69) is 16.7 Å². The number of nitrogens with zero attached hydrogens (tertiary/aromatic N) is 2. The number of rotatable bonds is 4. The van der Waals surface area contributed by atoms with E-state index in [1.807, 2.05) is 0 Å². The molecule has 36 heavy (non-hydrogen) atoms. The highest BCUT2D eigenvalue weighted by atomic mass is 19.2. The van der Waals surface area contributed by atoms with Gasteiger partial charge in [-0.15, -0.1) is 0 Å². The van der Waals surface area contributed by atoms with E-state index in [1.54, 1.807) is 4.90 Å². The summed E-state index contributed by atoms with van der Waals surface area (Å²) in [6, 6.07) is 0.135. The van der Waals surface area contributed by atoms with Gasteiger partial charge in [0.25, 0.3) is 0 Å². The molecule has 8 nitrogen and oxygen atoms in total. The first-order valence-corrected chi connectivity index (χ1v) is 11.1. The first-order chi connectivity index (χ1) is 17.0. The standard InChI is InChI=1S/C21H21F5N2O2.C2H2O4/c22-16-17(23)19(25)21(20(26)18(16)24)30-14-10-12-5-6-13(11-14)28(12)9-2-1-7-27-8-3-4-15(27)29;3-1(4)2(5)6/h12-14H,3-11H2;(H,3,4)(H,5,6). The van der Waals surface area contributed by atoms with Gasteiger partial charge in [-0.2, -0.15) is 8.78 Å². The summed E-state index contributed by atoms with van der Waals surface area (Å²) < 4.78 is 73.1. The number of carbonyl (C=O) groups is 3. The van der Waals surface area contributed by atoms with Crippen LogP contribution in [0.2, 0.25) is 0 Å². The van der Waals surface area contributed by atoms with Crippen LogP contribution in [0, 0.1) is 40.9 Å². The molecule has 13 heteroatoms. The maximum absolute atomic E-state index is 13.9. The summed E-state index contributed by atoms with van der Waals surface area (Å²) in [4.78, 5) is 33.7. The monoisotopic (exact) mass is 518 g/mol. The predicted molar refractivity (Wildman–Crippen MR) is 112 cm³/mol. The number of benzene rings is 1. The number of likely N-dealkylation sites (tertiary alicyclic amines) is 1. The third-order valence-electron chi connectivity index (χ3n) is 6.31. The summed E-state index contributed by atoms with van der Waals surface area (Å²) in [5.41, 5.74) is 0. The molecule has 196 valence electrons. The van der Waals surface area contributed by atoms with E-state index >= 15 is 0 Å². The summed E-state index contributed by atoms with van der Waals surface area (Å²) in [5, 5.41) is 14.8. The van der Waals surface area contributed by atoms with E-state index in [4.69, 9.17) is 24.5 Å². The van der Waals surface area contributed by atoms with Gasteiger partial charge in [0.1, 0.15) is 6.10 Å². The van der Waals surface area contributed by atoms with Crippen LogP contribution < -0.4 is 4.74 Å². The Morgan fingerprint density at radius 2 is 1.36 bits per heavy atom. The zero-order valence-electron chi connectivity index (χ0n) is 18.9. The van der Waals surface area contributed by atoms with Crippen molar-refractivity contribution in [1.29, 1.82) is 0 Å². The van der Waals surface area contributed by atoms with E-state index in [1.165, 1.54) is 0 Å². The van der Waals surface area contributed by atoms with E-state index in [9.17, 15) is 26.7 Å². The van der Waals surface area contributed by atoms with Crippen molar-refractivity contribution in [2.24, 2.45) is 0 Å². The Morgan fingerprint density at radius 1 is 0.861 bits per heavy atom. The number of carbonyl (C=O) groups excluding carboxylic acids is 1. The van der Waals surface area contributed by atoms with Crippen molar-refractivity contribution in [1.82, 2.24) is 9.80 Å². The van der Waals surface area contributed by atoms with Crippen molar-refractivity contribution in [3.63, 3.8) is 0 Å². The second kappa shape index (κ2) is 11.6. The number of hydrogen-bond donors (Lipinski definition) is 2. The Labute approximate surface area is 202 Å². The van der Waals surface area contributed by atoms with Gasteiger partial charge in [0.05, 0.1) is 13.1 Å². The van der Waals surface area contributed by atoms with Crippen LogP contribution in [0.4, 0.5) is 22.0 Å². The minimum atomic E-state index is -2.19. The Bertz CT molecular complexity index is 1050. The first kappa shape index (κ1) is 27.2. The van der Waals surface area contributed by atoms with Gasteiger partial charge < -0.3 is 19.8 Å². The van der Waals surface area contributed by atoms with E-state index in [0.717, 1.165) is 25.8 Å². The quantitative estimate of drug-likeness (QED) is 0.207. The molecule has 1 aromatic rings. The summed E-state index contributed by atoms with van der Waals surface area (Å²) in [5.74, 6) is -8.71. The lowest BCUT2D eigenvalue weighted by molar-refractivity contribution is -0.159. The smallest absolute Gasteiger partial charge is 0.414 e. The van der Waals surface area contributed by atoms with Crippen molar-refractivity contribution in [2.75, 3.05) is 19.6 Å². The fraction of sp³-hybridized carbons (Fsp3) is 0.522. The summed E-state index contributed by atoms with van der Waals surface area (Å²) in [7, 11) is 0. The topological polar surface area (TPSA) is 107 Å². The molecular weight excluding hydrogens is 495 g/mol. The minimum absolute atomic E-state index is 0.0673. The number of carboxylic acids is 2. The summed E-state index contributed by atoms with van der Waals surface area (Å²) >= 11 is 0. The van der Waals surface area contributed by atoms with Gasteiger partial charge in [-0.1, -0.05) is 11.8 Å². The van der Waals surface area contributed by atoms with E-state index in [-0.39, 0.29) is 18.0 Å². The highest BCUT2D eigenvalue weighted by Gasteiger charge is 2.42. The van der Waals surface area contributed by atoms with Crippen LogP contribution in [0.15, 0.2) is 0 Å². The first-order valence-electron chi connectivity index (χ1n) is 11.1. The fourth-order valence-electron chi connectivity index (χ4n) is 4.60. The van der Waals surface area contributed by atoms with Crippen molar-refractivity contribution in [3.05, 3.63) is 29.1 Å². The molecule has 3 aliphatic rings. The SMILES string of the molecule is O=C(O)C(=O)O.O=C1CCCN1CC#CCN1C2CCC1CC(Oc1c(F)c(F)c(F)c(F)c1F)C2. The zero-order valence-corrected chi connectivity index (χ0v) is 18.9. The molecule has 3 aliphatic heterocycles. The highest BCUT2D eigenvalue weighted by Crippen LogP contribution is 2.38. The molecular formula is C23H23F5N2O6. The molecule has 0 aromatic heterocycles. The fourth-order valence-corrected chi connectivity index (χ4v) is 4.60. The molecule has 1 aromatic carbocycles. The number of carboxylic acid groups (broad SMARTS) is 2.